The van der Waals surface area contributed by atoms with Crippen molar-refractivity contribution in [2.45, 2.75) is 0 Å². The molecule has 0 radical (unpaired) electrons. The highest BCUT2D eigenvalue weighted by molar-refractivity contribution is 5.50. The van der Waals surface area contributed by atoms with E-state index in [2.05, 4.69) is 0 Å². The molecule has 0 fully saturated rings. The topological polar surface area (TPSA) is 40.5 Å². The molecule has 11 heavy (non-hydrogen) atoms. The third-order valence-corrected chi connectivity index (χ3v) is 1.09. The van der Waals surface area contributed by atoms with Crippen LogP contribution in [-0.4, -0.2) is 16.8 Å². The molecule has 0 amide bonds. The number of hydrogen-bond acceptors (Lipinski definition) is 2. The van der Waals surface area contributed by atoms with Crippen LogP contribution in [-0.2, 0) is 0 Å². The van der Waals surface area contributed by atoms with E-state index in [1.807, 2.05) is 0 Å². The molecule has 1 aromatic carbocycles. The average molecular weight is 153 g/mol. The Morgan fingerprint density at radius 3 is 2.73 bits per heavy atom. The Morgan fingerprint density at radius 2 is 2.18 bits per heavy atom. The van der Waals surface area contributed by atoms with Crippen LogP contribution < -0.4 is 0 Å². The van der Waals surface area contributed by atoms with Crippen molar-refractivity contribution in [3.05, 3.63) is 35.9 Å². The van der Waals surface area contributed by atoms with Gasteiger partial charge >= 0.3 is 0 Å². The van der Waals surface area contributed by atoms with Crippen molar-refractivity contribution in [1.29, 1.82) is 0 Å². The van der Waals surface area contributed by atoms with Gasteiger partial charge in [-0.05, 0) is 17.6 Å². The van der Waals surface area contributed by atoms with E-state index < -0.39 is 5.75 Å². The second kappa shape index (κ2) is 3.78. The van der Waals surface area contributed by atoms with Gasteiger partial charge in [-0.3, -0.25) is 0 Å². The van der Waals surface area contributed by atoms with Crippen LogP contribution in [0, 0.1) is 0 Å². The molecule has 58 valence electrons. The number of phenolic OH excluding ortho intramolecular Hbond substituents is 1. The van der Waals surface area contributed by atoms with Crippen LogP contribution in [0.2, 0.25) is 0 Å². The zero-order chi connectivity index (χ0) is 10.7. The van der Waals surface area contributed by atoms with E-state index in [4.69, 9.17) is 14.3 Å². The Morgan fingerprint density at radius 1 is 1.55 bits per heavy atom. The SMILES string of the molecule is [2H]/C(=C\CO)c1cc([2H])c(O)c([2H])c1. The Bertz CT molecular complexity index is 351. The second-order valence-corrected chi connectivity index (χ2v) is 1.91. The van der Waals surface area contributed by atoms with Crippen LogP contribution >= 0.6 is 0 Å². The van der Waals surface area contributed by atoms with Crippen molar-refractivity contribution in [3.63, 3.8) is 0 Å². The first-order valence-corrected chi connectivity index (χ1v) is 3.14. The molecule has 0 aromatic heterocycles. The molecule has 0 saturated heterocycles. The summed E-state index contributed by atoms with van der Waals surface area (Å²) in [6.45, 7) is -0.264. The summed E-state index contributed by atoms with van der Waals surface area (Å²) in [6, 6.07) is 2.21. The lowest BCUT2D eigenvalue weighted by Crippen LogP contribution is -1.73. The number of rotatable bonds is 2. The lowest BCUT2D eigenvalue weighted by Gasteiger charge is -1.92. The average Bonchev–Trinajstić information content (AvgIpc) is 2.13. The molecule has 0 heterocycles. The van der Waals surface area contributed by atoms with E-state index in [1.165, 1.54) is 18.2 Å². The molecule has 0 saturated carbocycles. The highest BCUT2D eigenvalue weighted by Gasteiger charge is 1.85. The van der Waals surface area contributed by atoms with Gasteiger partial charge in [-0.2, -0.15) is 0 Å². The first kappa shape index (κ1) is 4.57. The summed E-state index contributed by atoms with van der Waals surface area (Å²) in [4.78, 5) is 0. The van der Waals surface area contributed by atoms with Crippen LogP contribution in [0.3, 0.4) is 0 Å². The number of aliphatic hydroxyl groups excluding tert-OH is 1. The maximum absolute atomic E-state index is 9.14. The maximum Gasteiger partial charge on any atom is 0.115 e. The van der Waals surface area contributed by atoms with Crippen molar-refractivity contribution < 1.29 is 14.3 Å². The van der Waals surface area contributed by atoms with Gasteiger partial charge in [0, 0.05) is 0 Å². The van der Waals surface area contributed by atoms with Crippen molar-refractivity contribution in [1.82, 2.24) is 0 Å². The molecule has 0 aliphatic carbocycles. The molecule has 2 heteroatoms. The fourth-order valence-electron chi connectivity index (χ4n) is 0.622. The van der Waals surface area contributed by atoms with Gasteiger partial charge in [0.15, 0.2) is 0 Å². The van der Waals surface area contributed by atoms with Gasteiger partial charge in [-0.15, -0.1) is 0 Å². The summed E-state index contributed by atoms with van der Waals surface area (Å²) in [5, 5.41) is 17.7. The number of hydrogen-bond donors (Lipinski definition) is 2. The van der Waals surface area contributed by atoms with Crippen LogP contribution in [0.1, 0.15) is 9.68 Å². The summed E-state index contributed by atoms with van der Waals surface area (Å²) < 4.78 is 22.0. The second-order valence-electron chi connectivity index (χ2n) is 1.91. The highest BCUT2D eigenvalue weighted by atomic mass is 16.3. The van der Waals surface area contributed by atoms with Crippen LogP contribution in [0.5, 0.6) is 5.75 Å². The number of phenols is 1. The molecule has 2 nitrogen and oxygen atoms in total. The molecule has 0 unspecified atom stereocenters. The van der Waals surface area contributed by atoms with Gasteiger partial charge in [0.05, 0.1) is 10.7 Å². The Labute approximate surface area is 69.6 Å². The fourth-order valence-corrected chi connectivity index (χ4v) is 0.622. The van der Waals surface area contributed by atoms with Crippen molar-refractivity contribution in [2.75, 3.05) is 6.61 Å². The predicted octanol–water partition coefficient (Wildman–Crippen LogP) is 1.40. The van der Waals surface area contributed by atoms with E-state index in [0.29, 0.717) is 5.56 Å². The smallest absolute Gasteiger partial charge is 0.115 e. The molecule has 0 bridgehead atoms. The molecule has 0 aliphatic heterocycles. The van der Waals surface area contributed by atoms with E-state index >= 15 is 0 Å². The highest BCUT2D eigenvalue weighted by Crippen LogP contribution is 2.10. The minimum absolute atomic E-state index is 0.0366. The minimum atomic E-state index is -0.398. The summed E-state index contributed by atoms with van der Waals surface area (Å²) >= 11 is 0. The lowest BCUT2D eigenvalue weighted by molar-refractivity contribution is 0.343. The van der Waals surface area contributed by atoms with Gasteiger partial charge in [0.1, 0.15) is 5.75 Å². The van der Waals surface area contributed by atoms with Gasteiger partial charge < -0.3 is 10.2 Å². The third-order valence-electron chi connectivity index (χ3n) is 1.09. The minimum Gasteiger partial charge on any atom is -0.508 e. The van der Waals surface area contributed by atoms with Gasteiger partial charge in [-0.1, -0.05) is 24.3 Å². The van der Waals surface area contributed by atoms with E-state index in [-0.39, 0.29) is 24.7 Å². The molecule has 0 spiro atoms. The molecule has 0 aliphatic rings. The van der Waals surface area contributed by atoms with E-state index in [9.17, 15) is 0 Å². The van der Waals surface area contributed by atoms with Gasteiger partial charge in [-0.25, -0.2) is 0 Å². The number of benzene rings is 1. The Hall–Kier alpha value is -1.28. The Balaban J connectivity index is 3.19. The summed E-state index contributed by atoms with van der Waals surface area (Å²) in [5.41, 5.74) is 0.340. The van der Waals surface area contributed by atoms with Crippen molar-refractivity contribution >= 4 is 6.05 Å². The quantitative estimate of drug-likeness (QED) is 0.674. The molecular weight excluding hydrogens is 140 g/mol. The van der Waals surface area contributed by atoms with E-state index in [1.54, 1.807) is 0 Å². The maximum atomic E-state index is 9.14. The van der Waals surface area contributed by atoms with Gasteiger partial charge in [0.2, 0.25) is 0 Å². The first-order chi connectivity index (χ1) is 6.56. The molecule has 0 atom stereocenters. The molecular formula is C9H10O2. The standard InChI is InChI=1S/C9H10O2/c10-7-1-2-8-3-5-9(11)6-4-8/h1-6,10-11H,7H2/b2-1+/i2D,5D,6D. The normalized spacial score (nSPS) is 15.4. The summed E-state index contributed by atoms with van der Waals surface area (Å²) in [7, 11) is 0. The van der Waals surface area contributed by atoms with Crippen LogP contribution in [0.25, 0.3) is 6.05 Å². The largest absolute Gasteiger partial charge is 0.508 e. The zero-order valence-corrected chi connectivity index (χ0v) is 5.83. The summed E-state index contributed by atoms with van der Waals surface area (Å²) in [6.07, 6.45) is 1.26. The predicted molar refractivity (Wildman–Crippen MR) is 44.2 cm³/mol. The van der Waals surface area contributed by atoms with Crippen LogP contribution in [0.4, 0.5) is 0 Å². The number of aromatic hydroxyl groups is 1. The van der Waals surface area contributed by atoms with Crippen LogP contribution in [0.15, 0.2) is 30.3 Å². The fraction of sp³-hybridized carbons (Fsp3) is 0.111. The third kappa shape index (κ3) is 2.43. The van der Waals surface area contributed by atoms with E-state index in [0.717, 1.165) is 0 Å². The first-order valence-electron chi connectivity index (χ1n) is 4.64. The molecule has 2 N–H and O–H groups in total. The zero-order valence-electron chi connectivity index (χ0n) is 8.83. The molecule has 1 rings (SSSR count). The van der Waals surface area contributed by atoms with Crippen molar-refractivity contribution in [3.8, 4) is 5.75 Å². The van der Waals surface area contributed by atoms with Crippen molar-refractivity contribution in [2.24, 2.45) is 0 Å². The van der Waals surface area contributed by atoms with Gasteiger partial charge in [0.25, 0.3) is 0 Å². The Kier molecular flexibility index (Phi) is 1.57. The monoisotopic (exact) mass is 153 g/mol. The lowest BCUT2D eigenvalue weighted by atomic mass is 10.2. The number of aliphatic hydroxyl groups is 1. The molecule has 1 aromatic rings. The summed E-state index contributed by atoms with van der Waals surface area (Å²) in [5.74, 6) is -0.398.